The van der Waals surface area contributed by atoms with Crippen LogP contribution in [0.25, 0.3) is 0 Å². The third kappa shape index (κ3) is 1.97. The van der Waals surface area contributed by atoms with E-state index >= 15 is 0 Å². The van der Waals surface area contributed by atoms with E-state index < -0.39 is 12.1 Å². The van der Waals surface area contributed by atoms with Crippen molar-refractivity contribution in [2.24, 2.45) is 13.0 Å². The van der Waals surface area contributed by atoms with Gasteiger partial charge in [-0.3, -0.25) is 9.48 Å². The van der Waals surface area contributed by atoms with E-state index in [9.17, 15) is 13.6 Å². The maximum absolute atomic E-state index is 12.4. The van der Waals surface area contributed by atoms with Crippen molar-refractivity contribution in [2.75, 3.05) is 0 Å². The molecule has 0 radical (unpaired) electrons. The predicted molar refractivity (Wildman–Crippen MR) is 47.3 cm³/mol. The summed E-state index contributed by atoms with van der Waals surface area (Å²) in [6.45, 7) is 3.34. The number of carbonyl (C=O) groups excluding carboxylic acids is 1. The van der Waals surface area contributed by atoms with E-state index in [1.165, 1.54) is 17.9 Å². The molecule has 0 saturated carbocycles. The second kappa shape index (κ2) is 3.86. The molecule has 0 aliphatic heterocycles. The average molecular weight is 202 g/mol. The fourth-order valence-electron chi connectivity index (χ4n) is 1.17. The summed E-state index contributed by atoms with van der Waals surface area (Å²) in [5.41, 5.74) is -0.399. The maximum atomic E-state index is 12.4. The van der Waals surface area contributed by atoms with Crippen LogP contribution >= 0.6 is 0 Å². The van der Waals surface area contributed by atoms with Gasteiger partial charge in [0, 0.05) is 19.2 Å². The number of rotatable bonds is 3. The van der Waals surface area contributed by atoms with E-state index in [0.717, 1.165) is 0 Å². The Kier molecular flexibility index (Phi) is 2.98. The topological polar surface area (TPSA) is 34.9 Å². The number of aryl methyl sites for hydroxylation is 1. The van der Waals surface area contributed by atoms with Crippen LogP contribution in [0.15, 0.2) is 6.20 Å². The van der Waals surface area contributed by atoms with Crippen LogP contribution in [0.3, 0.4) is 0 Å². The van der Waals surface area contributed by atoms with E-state index in [0.29, 0.717) is 0 Å². The Morgan fingerprint density at radius 2 is 2.07 bits per heavy atom. The van der Waals surface area contributed by atoms with Gasteiger partial charge >= 0.3 is 0 Å². The molecule has 1 aromatic heterocycles. The number of hydrogen-bond acceptors (Lipinski definition) is 2. The Labute approximate surface area is 80.7 Å². The van der Waals surface area contributed by atoms with E-state index in [1.54, 1.807) is 13.8 Å². The molecule has 14 heavy (non-hydrogen) atoms. The van der Waals surface area contributed by atoms with Gasteiger partial charge in [0.15, 0.2) is 5.78 Å². The predicted octanol–water partition coefficient (Wildman–Crippen LogP) is 2.20. The minimum absolute atomic E-state index is 0.0255. The second-order valence-electron chi connectivity index (χ2n) is 3.42. The van der Waals surface area contributed by atoms with Gasteiger partial charge in [0.05, 0.1) is 5.56 Å². The highest BCUT2D eigenvalue weighted by Crippen LogP contribution is 2.22. The van der Waals surface area contributed by atoms with Crippen LogP contribution in [0.5, 0.6) is 0 Å². The van der Waals surface area contributed by atoms with Gasteiger partial charge in [0.25, 0.3) is 6.43 Å². The molecule has 3 nitrogen and oxygen atoms in total. The Morgan fingerprint density at radius 3 is 2.50 bits per heavy atom. The molecule has 5 heteroatoms. The number of hydrogen-bond donors (Lipinski definition) is 0. The van der Waals surface area contributed by atoms with E-state index in [-0.39, 0.29) is 17.3 Å². The number of ketones is 1. The molecule has 0 saturated heterocycles. The molecule has 0 atom stereocenters. The molecule has 0 N–H and O–H groups in total. The first kappa shape index (κ1) is 10.8. The summed E-state index contributed by atoms with van der Waals surface area (Å²) < 4.78 is 26.1. The van der Waals surface area contributed by atoms with E-state index in [1.807, 2.05) is 0 Å². The molecule has 0 fully saturated rings. The Morgan fingerprint density at radius 1 is 1.50 bits per heavy atom. The summed E-state index contributed by atoms with van der Waals surface area (Å²) in [7, 11) is 1.52. The summed E-state index contributed by atoms with van der Waals surface area (Å²) in [6, 6.07) is 0. The minimum Gasteiger partial charge on any atom is -0.294 e. The normalized spacial score (nSPS) is 11.4. The van der Waals surface area contributed by atoms with Crippen molar-refractivity contribution in [3.63, 3.8) is 0 Å². The molecular weight excluding hydrogens is 190 g/mol. The van der Waals surface area contributed by atoms with Gasteiger partial charge in [-0.2, -0.15) is 5.10 Å². The van der Waals surface area contributed by atoms with Gasteiger partial charge in [-0.15, -0.1) is 0 Å². The van der Waals surface area contributed by atoms with Crippen LogP contribution in [-0.4, -0.2) is 15.6 Å². The highest BCUT2D eigenvalue weighted by molar-refractivity contribution is 5.98. The molecule has 0 aliphatic rings. The number of nitrogens with zero attached hydrogens (tertiary/aromatic N) is 2. The summed E-state index contributed by atoms with van der Waals surface area (Å²) in [6.07, 6.45) is -1.36. The number of halogens is 2. The van der Waals surface area contributed by atoms with Crippen LogP contribution in [-0.2, 0) is 7.05 Å². The average Bonchev–Trinajstić information content (AvgIpc) is 2.45. The van der Waals surface area contributed by atoms with Gasteiger partial charge in [-0.05, 0) is 0 Å². The summed E-state index contributed by atoms with van der Waals surface area (Å²) in [5, 5.41) is 3.56. The van der Waals surface area contributed by atoms with Crippen LogP contribution in [0.1, 0.15) is 36.3 Å². The van der Waals surface area contributed by atoms with Crippen LogP contribution in [0.4, 0.5) is 8.78 Å². The molecule has 1 aromatic rings. The van der Waals surface area contributed by atoms with Crippen molar-refractivity contribution in [1.29, 1.82) is 0 Å². The summed E-state index contributed by atoms with van der Waals surface area (Å²) in [4.78, 5) is 11.5. The molecular formula is C9H12F2N2O. The van der Waals surface area contributed by atoms with Gasteiger partial charge in [-0.25, -0.2) is 8.78 Å². The first-order valence-corrected chi connectivity index (χ1v) is 4.29. The lowest BCUT2D eigenvalue weighted by Gasteiger charge is -2.02. The molecule has 0 bridgehead atoms. The number of alkyl halides is 2. The largest absolute Gasteiger partial charge is 0.294 e. The summed E-state index contributed by atoms with van der Waals surface area (Å²) in [5.74, 6) is -0.592. The number of Topliss-reactive ketones (excluding diaryl/α,β-unsaturated/α-hetero) is 1. The standard InChI is InChI=1S/C9H12F2N2O/c1-5(2)8(14)6-4-13(3)12-7(6)9(10)11/h4-5,9H,1-3H3. The molecule has 0 aromatic carbocycles. The lowest BCUT2D eigenvalue weighted by molar-refractivity contribution is 0.0925. The Balaban J connectivity index is 3.13. The molecule has 1 heterocycles. The third-order valence-electron chi connectivity index (χ3n) is 1.85. The molecule has 1 rings (SSSR count). The van der Waals surface area contributed by atoms with Crippen molar-refractivity contribution < 1.29 is 13.6 Å². The van der Waals surface area contributed by atoms with Gasteiger partial charge in [0.1, 0.15) is 5.69 Å². The SMILES string of the molecule is CC(C)C(=O)c1cn(C)nc1C(F)F. The van der Waals surface area contributed by atoms with E-state index in [4.69, 9.17) is 0 Å². The van der Waals surface area contributed by atoms with Crippen LogP contribution < -0.4 is 0 Å². The Bertz CT molecular complexity index is 345. The van der Waals surface area contributed by atoms with Crippen LogP contribution in [0.2, 0.25) is 0 Å². The lowest BCUT2D eigenvalue weighted by atomic mass is 10.0. The van der Waals surface area contributed by atoms with Gasteiger partial charge in [-0.1, -0.05) is 13.8 Å². The van der Waals surface area contributed by atoms with Crippen molar-refractivity contribution in [3.05, 3.63) is 17.5 Å². The van der Waals surface area contributed by atoms with Crippen molar-refractivity contribution in [3.8, 4) is 0 Å². The lowest BCUT2D eigenvalue weighted by Crippen LogP contribution is -2.09. The third-order valence-corrected chi connectivity index (χ3v) is 1.85. The first-order valence-electron chi connectivity index (χ1n) is 4.29. The minimum atomic E-state index is -2.70. The fraction of sp³-hybridized carbons (Fsp3) is 0.556. The smallest absolute Gasteiger partial charge is 0.282 e. The zero-order valence-corrected chi connectivity index (χ0v) is 8.29. The molecule has 0 amide bonds. The van der Waals surface area contributed by atoms with Crippen molar-refractivity contribution >= 4 is 5.78 Å². The monoisotopic (exact) mass is 202 g/mol. The maximum Gasteiger partial charge on any atom is 0.282 e. The van der Waals surface area contributed by atoms with Gasteiger partial charge < -0.3 is 0 Å². The van der Waals surface area contributed by atoms with Gasteiger partial charge in [0.2, 0.25) is 0 Å². The van der Waals surface area contributed by atoms with Crippen molar-refractivity contribution in [2.45, 2.75) is 20.3 Å². The van der Waals surface area contributed by atoms with Crippen molar-refractivity contribution in [1.82, 2.24) is 9.78 Å². The highest BCUT2D eigenvalue weighted by atomic mass is 19.3. The summed E-state index contributed by atoms with van der Waals surface area (Å²) >= 11 is 0. The number of aromatic nitrogens is 2. The van der Waals surface area contributed by atoms with E-state index in [2.05, 4.69) is 5.10 Å². The molecule has 0 aliphatic carbocycles. The number of carbonyl (C=O) groups is 1. The first-order chi connectivity index (χ1) is 6.43. The Hall–Kier alpha value is -1.26. The highest BCUT2D eigenvalue weighted by Gasteiger charge is 2.23. The zero-order chi connectivity index (χ0) is 10.9. The molecule has 0 spiro atoms. The molecule has 0 unspecified atom stereocenters. The van der Waals surface area contributed by atoms with Crippen LogP contribution in [0, 0.1) is 5.92 Å². The zero-order valence-electron chi connectivity index (χ0n) is 8.29. The molecule has 78 valence electrons. The quantitative estimate of drug-likeness (QED) is 0.704. The fourth-order valence-corrected chi connectivity index (χ4v) is 1.17. The second-order valence-corrected chi connectivity index (χ2v) is 3.42.